The summed E-state index contributed by atoms with van der Waals surface area (Å²) in [6, 6.07) is 11.5. The number of halogens is 2. The Bertz CT molecular complexity index is 681. The summed E-state index contributed by atoms with van der Waals surface area (Å²) >= 11 is 11.8. The zero-order valence-electron chi connectivity index (χ0n) is 11.2. The summed E-state index contributed by atoms with van der Waals surface area (Å²) in [4.78, 5) is 22.6. The van der Waals surface area contributed by atoms with Crippen molar-refractivity contribution in [2.24, 2.45) is 0 Å². The van der Waals surface area contributed by atoms with E-state index in [4.69, 9.17) is 33.0 Å². The van der Waals surface area contributed by atoms with Gasteiger partial charge in [-0.05, 0) is 17.7 Å². The van der Waals surface area contributed by atoms with Gasteiger partial charge in [0.25, 0.3) is 0 Å². The maximum Gasteiger partial charge on any atom is 0.412 e. The Morgan fingerprint density at radius 3 is 2.23 bits per heavy atom. The van der Waals surface area contributed by atoms with Crippen LogP contribution in [0.25, 0.3) is 0 Å². The van der Waals surface area contributed by atoms with Gasteiger partial charge in [0, 0.05) is 0 Å². The molecule has 0 unspecified atom stereocenters. The van der Waals surface area contributed by atoms with Crippen molar-refractivity contribution in [1.29, 1.82) is 0 Å². The number of hydrogen-bond acceptors (Lipinski definition) is 3. The van der Waals surface area contributed by atoms with E-state index in [1.807, 2.05) is 30.3 Å². The highest BCUT2D eigenvalue weighted by Crippen LogP contribution is 2.32. The van der Waals surface area contributed by atoms with Crippen LogP contribution in [0.4, 0.5) is 10.5 Å². The number of nitrogens with one attached hydrogen (secondary N) is 1. The third kappa shape index (κ3) is 4.13. The molecule has 1 amide bonds. The van der Waals surface area contributed by atoms with E-state index in [9.17, 15) is 9.59 Å². The predicted molar refractivity (Wildman–Crippen MR) is 83.7 cm³/mol. The number of amides is 1. The minimum atomic E-state index is -1.16. The zero-order valence-corrected chi connectivity index (χ0v) is 12.7. The highest BCUT2D eigenvalue weighted by atomic mass is 35.5. The summed E-state index contributed by atoms with van der Waals surface area (Å²) in [5, 5.41) is 11.3. The molecule has 0 aromatic heterocycles. The van der Waals surface area contributed by atoms with Crippen molar-refractivity contribution >= 4 is 41.0 Å². The van der Waals surface area contributed by atoms with Crippen LogP contribution < -0.4 is 5.32 Å². The first-order valence-corrected chi connectivity index (χ1v) is 6.93. The van der Waals surface area contributed by atoms with Crippen LogP contribution >= 0.6 is 23.2 Å². The van der Waals surface area contributed by atoms with Gasteiger partial charge in [-0.15, -0.1) is 0 Å². The molecule has 0 atom stereocenters. The fraction of sp³-hybridized carbons (Fsp3) is 0.0667. The van der Waals surface area contributed by atoms with Crippen LogP contribution in [0, 0.1) is 0 Å². The second-order valence-electron chi connectivity index (χ2n) is 4.31. The molecule has 114 valence electrons. The molecule has 22 heavy (non-hydrogen) atoms. The van der Waals surface area contributed by atoms with Crippen LogP contribution in [0.5, 0.6) is 0 Å². The number of aromatic carboxylic acids is 1. The molecule has 0 saturated carbocycles. The Kier molecular flexibility index (Phi) is 5.25. The molecule has 0 aliphatic rings. The number of carboxylic acids is 1. The van der Waals surface area contributed by atoms with Crippen LogP contribution in [0.3, 0.4) is 0 Å². The molecule has 0 aliphatic carbocycles. The van der Waals surface area contributed by atoms with Crippen LogP contribution in [0.1, 0.15) is 15.9 Å². The number of benzene rings is 2. The first-order valence-electron chi connectivity index (χ1n) is 6.17. The molecule has 0 fully saturated rings. The fourth-order valence-corrected chi connectivity index (χ4v) is 2.26. The zero-order chi connectivity index (χ0) is 16.1. The average molecular weight is 340 g/mol. The Balaban J connectivity index is 2.04. The molecule has 0 aliphatic heterocycles. The average Bonchev–Trinajstić information content (AvgIpc) is 2.49. The molecule has 0 saturated heterocycles. The van der Waals surface area contributed by atoms with E-state index >= 15 is 0 Å². The molecule has 2 aromatic carbocycles. The third-order valence-electron chi connectivity index (χ3n) is 2.73. The van der Waals surface area contributed by atoms with Gasteiger partial charge in [-0.2, -0.15) is 0 Å². The Hall–Kier alpha value is -2.24. The maximum absolute atomic E-state index is 11.7. The van der Waals surface area contributed by atoms with Crippen LogP contribution in [0.2, 0.25) is 10.0 Å². The van der Waals surface area contributed by atoms with E-state index in [1.165, 1.54) is 12.1 Å². The molecule has 5 nitrogen and oxygen atoms in total. The van der Waals surface area contributed by atoms with Gasteiger partial charge in [-0.25, -0.2) is 9.59 Å². The Morgan fingerprint density at radius 2 is 1.68 bits per heavy atom. The molecule has 2 N–H and O–H groups in total. The lowest BCUT2D eigenvalue weighted by Gasteiger charge is -2.11. The molecule has 0 radical (unpaired) electrons. The molecule has 0 bridgehead atoms. The van der Waals surface area contributed by atoms with Crippen molar-refractivity contribution in [2.45, 2.75) is 6.61 Å². The molecule has 0 heterocycles. The highest BCUT2D eigenvalue weighted by molar-refractivity contribution is 6.40. The van der Waals surface area contributed by atoms with Crippen molar-refractivity contribution in [3.63, 3.8) is 0 Å². The molecule has 2 aromatic rings. The summed E-state index contributed by atoms with van der Waals surface area (Å²) in [6.07, 6.45) is -0.740. The lowest BCUT2D eigenvalue weighted by atomic mass is 10.2. The maximum atomic E-state index is 11.7. The van der Waals surface area contributed by atoms with Gasteiger partial charge >= 0.3 is 12.1 Å². The molecule has 2 rings (SSSR count). The van der Waals surface area contributed by atoms with Crippen LogP contribution in [0.15, 0.2) is 42.5 Å². The first kappa shape index (κ1) is 16.1. The number of ether oxygens (including phenoxy) is 1. The monoisotopic (exact) mass is 339 g/mol. The summed E-state index contributed by atoms with van der Waals surface area (Å²) in [6.45, 7) is 0.0924. The number of rotatable bonds is 4. The van der Waals surface area contributed by atoms with Crippen molar-refractivity contribution < 1.29 is 19.4 Å². The van der Waals surface area contributed by atoms with Crippen molar-refractivity contribution in [3.05, 3.63) is 63.6 Å². The lowest BCUT2D eigenvalue weighted by Crippen LogP contribution is -2.14. The van der Waals surface area contributed by atoms with Gasteiger partial charge < -0.3 is 9.84 Å². The van der Waals surface area contributed by atoms with E-state index in [0.717, 1.165) is 5.56 Å². The standard InChI is InChI=1S/C15H11Cl2NO4/c16-11-6-10(14(19)20)7-12(17)13(11)18-15(21)22-8-9-4-2-1-3-5-9/h1-7H,8H2,(H,18,21)(H,19,20). The minimum Gasteiger partial charge on any atom is -0.478 e. The molecule has 7 heteroatoms. The van der Waals surface area contributed by atoms with E-state index in [2.05, 4.69) is 5.32 Å². The van der Waals surface area contributed by atoms with Gasteiger partial charge in [0.1, 0.15) is 6.61 Å². The molecular formula is C15H11Cl2NO4. The number of carboxylic acid groups (broad SMARTS) is 1. The summed E-state index contributed by atoms with van der Waals surface area (Å²) < 4.78 is 5.04. The normalized spacial score (nSPS) is 10.1. The first-order chi connectivity index (χ1) is 10.5. The predicted octanol–water partition coefficient (Wildman–Crippen LogP) is 4.44. The van der Waals surface area contributed by atoms with Gasteiger partial charge in [-0.1, -0.05) is 53.5 Å². The van der Waals surface area contributed by atoms with E-state index in [-0.39, 0.29) is 27.9 Å². The minimum absolute atomic E-state index is 0.0153. The number of anilines is 1. The van der Waals surface area contributed by atoms with Gasteiger partial charge in [-0.3, -0.25) is 5.32 Å². The quantitative estimate of drug-likeness (QED) is 0.863. The largest absolute Gasteiger partial charge is 0.478 e. The second-order valence-corrected chi connectivity index (χ2v) is 5.12. The summed E-state index contributed by atoms with van der Waals surface area (Å²) in [5.74, 6) is -1.16. The molecular weight excluding hydrogens is 329 g/mol. The number of carbonyl (C=O) groups excluding carboxylic acids is 1. The topological polar surface area (TPSA) is 75.6 Å². The Morgan fingerprint density at radius 1 is 1.09 bits per heavy atom. The van der Waals surface area contributed by atoms with Crippen LogP contribution in [-0.4, -0.2) is 17.2 Å². The van der Waals surface area contributed by atoms with E-state index in [0.29, 0.717) is 0 Å². The van der Waals surface area contributed by atoms with Crippen molar-refractivity contribution in [1.82, 2.24) is 0 Å². The van der Waals surface area contributed by atoms with Gasteiger partial charge in [0.2, 0.25) is 0 Å². The molecule has 0 spiro atoms. The lowest BCUT2D eigenvalue weighted by molar-refractivity contribution is 0.0697. The van der Waals surface area contributed by atoms with Crippen molar-refractivity contribution in [2.75, 3.05) is 5.32 Å². The fourth-order valence-electron chi connectivity index (χ4n) is 1.68. The smallest absolute Gasteiger partial charge is 0.412 e. The number of hydrogen-bond donors (Lipinski definition) is 2. The van der Waals surface area contributed by atoms with E-state index < -0.39 is 12.1 Å². The summed E-state index contributed by atoms with van der Waals surface area (Å²) in [7, 11) is 0. The van der Waals surface area contributed by atoms with Crippen LogP contribution in [-0.2, 0) is 11.3 Å². The van der Waals surface area contributed by atoms with E-state index in [1.54, 1.807) is 0 Å². The SMILES string of the molecule is O=C(Nc1c(Cl)cc(C(=O)O)cc1Cl)OCc1ccccc1. The second kappa shape index (κ2) is 7.15. The number of carbonyl (C=O) groups is 2. The summed E-state index contributed by atoms with van der Waals surface area (Å²) in [5.41, 5.74) is 0.862. The van der Waals surface area contributed by atoms with Gasteiger partial charge in [0.05, 0.1) is 21.3 Å². The Labute approximate surface area is 136 Å². The van der Waals surface area contributed by atoms with Crippen molar-refractivity contribution in [3.8, 4) is 0 Å². The third-order valence-corrected chi connectivity index (χ3v) is 3.33. The highest BCUT2D eigenvalue weighted by Gasteiger charge is 2.15. The van der Waals surface area contributed by atoms with Gasteiger partial charge in [0.15, 0.2) is 0 Å².